The maximum absolute atomic E-state index is 13.0. The Morgan fingerprint density at radius 3 is 2.03 bits per heavy atom. The predicted molar refractivity (Wildman–Crippen MR) is 123 cm³/mol. The van der Waals surface area contributed by atoms with E-state index in [4.69, 9.17) is 0 Å². The predicted octanol–water partition coefficient (Wildman–Crippen LogP) is 3.55. The van der Waals surface area contributed by atoms with Gasteiger partial charge in [-0.3, -0.25) is 14.5 Å². The number of carbonyl (C=O) groups is 2. The first-order valence-electron chi connectivity index (χ1n) is 10.3. The van der Waals surface area contributed by atoms with Crippen LogP contribution in [0.3, 0.4) is 0 Å². The van der Waals surface area contributed by atoms with Crippen molar-refractivity contribution >= 4 is 17.6 Å². The minimum absolute atomic E-state index is 0.0749. The van der Waals surface area contributed by atoms with Crippen molar-refractivity contribution in [3.63, 3.8) is 0 Å². The molecule has 6 heteroatoms. The Morgan fingerprint density at radius 1 is 0.903 bits per heavy atom. The number of aryl methyl sites for hydroxylation is 1. The molecule has 0 aliphatic carbocycles. The number of aromatic nitrogens is 1. The summed E-state index contributed by atoms with van der Waals surface area (Å²) in [7, 11) is 1.76. The fourth-order valence-electron chi connectivity index (χ4n) is 3.27. The minimum atomic E-state index is -0.494. The average Bonchev–Trinajstić information content (AvgIpc) is 2.77. The highest BCUT2D eigenvalue weighted by atomic mass is 16.2. The van der Waals surface area contributed by atoms with Gasteiger partial charge in [0, 0.05) is 5.69 Å². The van der Waals surface area contributed by atoms with Crippen molar-refractivity contribution in [2.24, 2.45) is 0 Å². The number of nitrogens with one attached hydrogen (secondary N) is 2. The number of amides is 2. The third-order valence-corrected chi connectivity index (χ3v) is 5.14. The van der Waals surface area contributed by atoms with E-state index >= 15 is 0 Å². The van der Waals surface area contributed by atoms with Crippen LogP contribution >= 0.6 is 0 Å². The van der Waals surface area contributed by atoms with Gasteiger partial charge in [-0.05, 0) is 44.2 Å². The van der Waals surface area contributed by atoms with Crippen LogP contribution in [0.4, 0.5) is 5.82 Å². The first-order valence-corrected chi connectivity index (χ1v) is 10.3. The molecule has 1 heterocycles. The first-order chi connectivity index (χ1) is 14.9. The molecule has 3 aromatic rings. The van der Waals surface area contributed by atoms with Crippen molar-refractivity contribution in [1.82, 2.24) is 15.2 Å². The highest BCUT2D eigenvalue weighted by molar-refractivity contribution is 5.92. The number of likely N-dealkylation sites (N-methyl/N-ethyl adjacent to an activating group) is 1. The summed E-state index contributed by atoms with van der Waals surface area (Å²) in [5.74, 6) is 0.133. The molecule has 0 spiro atoms. The van der Waals surface area contributed by atoms with Gasteiger partial charge in [-0.15, -0.1) is 0 Å². The van der Waals surface area contributed by atoms with Crippen LogP contribution in [0.5, 0.6) is 0 Å². The number of carbonyl (C=O) groups excluding carboxylic acids is 2. The van der Waals surface area contributed by atoms with E-state index in [2.05, 4.69) is 15.6 Å². The third-order valence-electron chi connectivity index (χ3n) is 5.14. The second-order valence-electron chi connectivity index (χ2n) is 7.57. The van der Waals surface area contributed by atoms with Crippen molar-refractivity contribution in [2.75, 3.05) is 18.9 Å². The summed E-state index contributed by atoms with van der Waals surface area (Å²) in [6.07, 6.45) is 0. The molecule has 0 radical (unpaired) electrons. The van der Waals surface area contributed by atoms with Crippen molar-refractivity contribution in [2.45, 2.75) is 25.9 Å². The van der Waals surface area contributed by atoms with E-state index in [1.54, 1.807) is 24.9 Å². The quantitative estimate of drug-likeness (QED) is 0.589. The van der Waals surface area contributed by atoms with Crippen LogP contribution < -0.4 is 10.6 Å². The van der Waals surface area contributed by atoms with Gasteiger partial charge in [-0.1, -0.05) is 66.7 Å². The Hall–Kier alpha value is -3.51. The van der Waals surface area contributed by atoms with Crippen LogP contribution in [-0.4, -0.2) is 41.3 Å². The Kier molecular flexibility index (Phi) is 7.51. The van der Waals surface area contributed by atoms with Gasteiger partial charge >= 0.3 is 0 Å². The number of hydrogen-bond donors (Lipinski definition) is 2. The lowest BCUT2D eigenvalue weighted by Gasteiger charge is -2.27. The summed E-state index contributed by atoms with van der Waals surface area (Å²) in [6, 6.07) is 24.4. The molecule has 31 heavy (non-hydrogen) atoms. The molecule has 2 amide bonds. The molecule has 2 aromatic carbocycles. The van der Waals surface area contributed by atoms with E-state index in [-0.39, 0.29) is 24.4 Å². The van der Waals surface area contributed by atoms with Crippen LogP contribution in [0.25, 0.3) is 0 Å². The number of nitrogens with zero attached hydrogens (tertiary/aromatic N) is 2. The molecular formula is C25H28N4O2. The Balaban J connectivity index is 1.65. The molecule has 0 bridgehead atoms. The van der Waals surface area contributed by atoms with Gasteiger partial charge in [0.15, 0.2) is 0 Å². The molecule has 0 saturated heterocycles. The van der Waals surface area contributed by atoms with Crippen molar-refractivity contribution in [3.8, 4) is 0 Å². The zero-order valence-corrected chi connectivity index (χ0v) is 18.1. The van der Waals surface area contributed by atoms with E-state index in [0.717, 1.165) is 16.8 Å². The zero-order valence-electron chi connectivity index (χ0n) is 18.1. The molecule has 1 unspecified atom stereocenters. The fourth-order valence-corrected chi connectivity index (χ4v) is 3.27. The van der Waals surface area contributed by atoms with Crippen LogP contribution in [0.2, 0.25) is 0 Å². The Bertz CT molecular complexity index is 969. The number of rotatable bonds is 8. The molecule has 0 fully saturated rings. The first kappa shape index (κ1) is 22.2. The third kappa shape index (κ3) is 6.23. The molecule has 2 N–H and O–H groups in total. The lowest BCUT2D eigenvalue weighted by molar-refractivity contribution is -0.127. The van der Waals surface area contributed by atoms with Crippen molar-refractivity contribution < 1.29 is 9.59 Å². The zero-order chi connectivity index (χ0) is 22.2. The molecule has 160 valence electrons. The number of benzene rings is 2. The van der Waals surface area contributed by atoms with Gasteiger partial charge in [-0.25, -0.2) is 4.98 Å². The van der Waals surface area contributed by atoms with Crippen molar-refractivity contribution in [3.05, 3.63) is 95.7 Å². The molecule has 1 aromatic heterocycles. The van der Waals surface area contributed by atoms with E-state index in [9.17, 15) is 9.59 Å². The van der Waals surface area contributed by atoms with Gasteiger partial charge in [0.1, 0.15) is 5.82 Å². The van der Waals surface area contributed by atoms with Gasteiger partial charge < -0.3 is 10.6 Å². The van der Waals surface area contributed by atoms with Crippen LogP contribution in [0.1, 0.15) is 29.8 Å². The van der Waals surface area contributed by atoms with E-state index in [0.29, 0.717) is 5.82 Å². The van der Waals surface area contributed by atoms with Crippen LogP contribution in [0.15, 0.2) is 78.9 Å². The van der Waals surface area contributed by atoms with Gasteiger partial charge in [0.2, 0.25) is 11.8 Å². The largest absolute Gasteiger partial charge is 0.344 e. The van der Waals surface area contributed by atoms with E-state index in [1.165, 1.54) is 0 Å². The van der Waals surface area contributed by atoms with E-state index in [1.807, 2.05) is 79.7 Å². The lowest BCUT2D eigenvalue weighted by Crippen LogP contribution is -2.47. The molecule has 1 atom stereocenters. The summed E-state index contributed by atoms with van der Waals surface area (Å²) in [5.41, 5.74) is 2.83. The van der Waals surface area contributed by atoms with Crippen LogP contribution in [0, 0.1) is 6.92 Å². The van der Waals surface area contributed by atoms with Gasteiger partial charge in [0.25, 0.3) is 0 Å². The van der Waals surface area contributed by atoms with E-state index < -0.39 is 6.04 Å². The highest BCUT2D eigenvalue weighted by Gasteiger charge is 2.24. The summed E-state index contributed by atoms with van der Waals surface area (Å²) < 4.78 is 0. The second-order valence-corrected chi connectivity index (χ2v) is 7.57. The summed E-state index contributed by atoms with van der Waals surface area (Å²) in [5, 5.41) is 5.91. The molecule has 3 rings (SSSR count). The molecule has 6 nitrogen and oxygen atoms in total. The lowest BCUT2D eigenvalue weighted by atomic mass is 9.98. The number of hydrogen-bond acceptors (Lipinski definition) is 4. The molecule has 0 saturated carbocycles. The second kappa shape index (κ2) is 10.5. The SMILES string of the molecule is Cc1cccc(NC(=O)CN(C)C(C)C(=O)NC(c2ccccc2)c2ccccc2)n1. The highest BCUT2D eigenvalue weighted by Crippen LogP contribution is 2.22. The van der Waals surface area contributed by atoms with Gasteiger partial charge in [0.05, 0.1) is 18.6 Å². The normalized spacial score (nSPS) is 11.9. The number of pyridine rings is 1. The topological polar surface area (TPSA) is 74.3 Å². The maximum atomic E-state index is 13.0. The van der Waals surface area contributed by atoms with Crippen LogP contribution in [-0.2, 0) is 9.59 Å². The maximum Gasteiger partial charge on any atom is 0.239 e. The molecule has 0 aliphatic heterocycles. The smallest absolute Gasteiger partial charge is 0.239 e. The Morgan fingerprint density at radius 2 is 1.48 bits per heavy atom. The Labute approximate surface area is 183 Å². The standard InChI is InChI=1S/C25H28N4O2/c1-18-11-10-16-22(26-18)27-23(30)17-29(3)19(2)25(31)28-24(20-12-6-4-7-13-20)21-14-8-5-9-15-21/h4-16,19,24H,17H2,1-3H3,(H,28,31)(H,26,27,30). The summed E-state index contributed by atoms with van der Waals surface area (Å²) >= 11 is 0. The average molecular weight is 417 g/mol. The monoisotopic (exact) mass is 416 g/mol. The minimum Gasteiger partial charge on any atom is -0.344 e. The van der Waals surface area contributed by atoms with Crippen molar-refractivity contribution in [1.29, 1.82) is 0 Å². The molecular weight excluding hydrogens is 388 g/mol. The summed E-state index contributed by atoms with van der Waals surface area (Å²) in [6.45, 7) is 3.73. The molecule has 0 aliphatic rings. The fraction of sp³-hybridized carbons (Fsp3) is 0.240. The summed E-state index contributed by atoms with van der Waals surface area (Å²) in [4.78, 5) is 31.4. The number of anilines is 1. The van der Waals surface area contributed by atoms with Gasteiger partial charge in [-0.2, -0.15) is 0 Å².